The Labute approximate surface area is 95.0 Å². The molecule has 0 spiro atoms. The molecule has 0 aromatic rings. The summed E-state index contributed by atoms with van der Waals surface area (Å²) in [5, 5.41) is 0. The summed E-state index contributed by atoms with van der Waals surface area (Å²) in [5.74, 6) is 0. The Morgan fingerprint density at radius 1 is 1.00 bits per heavy atom. The number of hydrogen-bond acceptors (Lipinski definition) is 0. The Bertz CT molecular complexity index is 11.6. The Kier molecular flexibility index (Phi) is 238. The van der Waals surface area contributed by atoms with Gasteiger partial charge in [-0.3, -0.25) is 0 Å². The Morgan fingerprint density at radius 2 is 1.00 bits per heavy atom. The fourth-order valence-corrected chi connectivity index (χ4v) is 0. The van der Waals surface area contributed by atoms with Gasteiger partial charge in [-0.2, -0.15) is 0 Å². The van der Waals surface area contributed by atoms with Gasteiger partial charge >= 0.3 is 0 Å². The van der Waals surface area contributed by atoms with Crippen LogP contribution in [0.4, 0.5) is 0 Å². The van der Waals surface area contributed by atoms with E-state index in [1.807, 2.05) is 0 Å². The van der Waals surface area contributed by atoms with Crippen LogP contribution >= 0.6 is 0 Å². The topological polar surface area (TPSA) is 0 Å². The van der Waals surface area contributed by atoms with Crippen molar-refractivity contribution in [1.82, 2.24) is 0 Å². The molecule has 0 aliphatic heterocycles. The fourth-order valence-electron chi connectivity index (χ4n) is 0. The Balaban J connectivity index is 0. The van der Waals surface area contributed by atoms with Crippen molar-refractivity contribution in [2.75, 3.05) is 0 Å². The van der Waals surface area contributed by atoms with E-state index in [0.717, 1.165) is 0 Å². The third kappa shape index (κ3) is 19.3. The maximum Gasteiger partial charge on any atom is 0.187 e. The molecule has 0 saturated carbocycles. The smallest absolute Gasteiger partial charge is 0 e. The molecule has 0 aromatic carbocycles. The summed E-state index contributed by atoms with van der Waals surface area (Å²) >= 11 is 0. The number of rotatable bonds is 0. The third-order valence-electron chi connectivity index (χ3n) is 0. The monoisotopic (exact) mass is 305 g/mol. The van der Waals surface area contributed by atoms with Gasteiger partial charge in [-0.15, -0.1) is 0 Å². The van der Waals surface area contributed by atoms with E-state index in [-0.39, 0.29) is 96.6 Å². The third-order valence-corrected chi connectivity index (χ3v) is 0. The molecule has 0 amide bonds. The van der Waals surface area contributed by atoms with E-state index in [1.165, 1.54) is 0 Å². The predicted molar refractivity (Wildman–Crippen MR) is 9.94 cm³/mol. The van der Waals surface area contributed by atoms with E-state index < -0.39 is 0 Å². The van der Waals surface area contributed by atoms with Crippen LogP contribution in [0.25, 0.3) is 0 Å². The molecule has 0 atom stereocenters. The maximum absolute atomic E-state index is 0. The second-order valence-corrected chi connectivity index (χ2v) is 0. The average molecular weight is 309 g/mol. The first-order chi connectivity index (χ1) is 0. The zero-order chi connectivity index (χ0) is 0. The molecule has 0 N–H and O–H groups in total. The molecular formula is H3AlCuNiZnZr. The van der Waals surface area contributed by atoms with Crippen molar-refractivity contribution in [3.05, 3.63) is 0 Å². The number of hydrogen-bond donors (Lipinski definition) is 0. The Morgan fingerprint density at radius 3 is 1.00 bits per heavy atom. The van der Waals surface area contributed by atoms with E-state index in [9.17, 15) is 0 Å². The van der Waals surface area contributed by atoms with Gasteiger partial charge in [-0.25, -0.2) is 0 Å². The largest absolute Gasteiger partial charge is 0.187 e. The van der Waals surface area contributed by atoms with Crippen molar-refractivity contribution in [2.24, 2.45) is 0 Å². The van der Waals surface area contributed by atoms with Gasteiger partial charge in [0.15, 0.2) is 17.4 Å². The minimum Gasteiger partial charge on any atom is 0 e. The molecule has 0 saturated heterocycles. The predicted octanol–water partition coefficient (Wildman–Crippen LogP) is -1.19. The van der Waals surface area contributed by atoms with Gasteiger partial charge in [-0.1, -0.05) is 0 Å². The fraction of sp³-hybridized carbons (Fsp3) is 0. The minimum atomic E-state index is 0. The van der Waals surface area contributed by atoms with Crippen molar-refractivity contribution in [2.45, 2.75) is 0 Å². The molecule has 0 rings (SSSR count). The van der Waals surface area contributed by atoms with Crippen molar-refractivity contribution in [3.63, 3.8) is 0 Å². The maximum atomic E-state index is 0. The summed E-state index contributed by atoms with van der Waals surface area (Å²) in [6.45, 7) is 0. The molecule has 0 fully saturated rings. The van der Waals surface area contributed by atoms with Crippen molar-refractivity contribution >= 4 is 17.4 Å². The molecule has 5 heavy (non-hydrogen) atoms. The van der Waals surface area contributed by atoms with Gasteiger partial charge in [0, 0.05) is 79.2 Å². The zero-order valence-electron chi connectivity index (χ0n) is 1.82. The van der Waals surface area contributed by atoms with Gasteiger partial charge in [0.25, 0.3) is 0 Å². The van der Waals surface area contributed by atoms with E-state index in [0.29, 0.717) is 0 Å². The average Bonchev–Trinajstić information content (AvgIpc) is 0. The van der Waals surface area contributed by atoms with Gasteiger partial charge in [0.1, 0.15) is 0 Å². The quantitative estimate of drug-likeness (QED) is 0.494. The first kappa shape index (κ1) is 43.0. The summed E-state index contributed by atoms with van der Waals surface area (Å²) in [4.78, 5) is 0. The molecule has 0 aliphatic carbocycles. The van der Waals surface area contributed by atoms with Crippen LogP contribution in [0.2, 0.25) is 0 Å². The van der Waals surface area contributed by atoms with E-state index in [1.54, 1.807) is 0 Å². The molecule has 0 heterocycles. The van der Waals surface area contributed by atoms with Crippen LogP contribution in [0.3, 0.4) is 0 Å². The van der Waals surface area contributed by atoms with Crippen LogP contribution in [-0.2, 0) is 79.2 Å². The van der Waals surface area contributed by atoms with Crippen molar-refractivity contribution in [3.8, 4) is 0 Å². The van der Waals surface area contributed by atoms with Crippen LogP contribution < -0.4 is 0 Å². The van der Waals surface area contributed by atoms with Gasteiger partial charge < -0.3 is 0 Å². The van der Waals surface area contributed by atoms with Crippen molar-refractivity contribution < 1.29 is 79.2 Å². The molecule has 0 aliphatic rings. The molecule has 5 heteroatoms. The summed E-state index contributed by atoms with van der Waals surface area (Å²) in [5.41, 5.74) is 0. The van der Waals surface area contributed by atoms with Crippen LogP contribution in [0.5, 0.6) is 0 Å². The SMILES string of the molecule is [AlH3].[Cu].[Ni].[Zn].[Zr]. The van der Waals surface area contributed by atoms with Crippen LogP contribution in [-0.4, -0.2) is 17.4 Å². The van der Waals surface area contributed by atoms with Crippen LogP contribution in [0.1, 0.15) is 0 Å². The van der Waals surface area contributed by atoms with Gasteiger partial charge in [0.2, 0.25) is 0 Å². The van der Waals surface area contributed by atoms with Gasteiger partial charge in [-0.05, 0) is 0 Å². The summed E-state index contributed by atoms with van der Waals surface area (Å²) in [6.07, 6.45) is 0. The Hall–Kier alpha value is 3.05. The normalized spacial score (nSPS) is 0. The summed E-state index contributed by atoms with van der Waals surface area (Å²) < 4.78 is 0. The van der Waals surface area contributed by atoms with E-state index in [4.69, 9.17) is 0 Å². The minimum absolute atomic E-state index is 0. The van der Waals surface area contributed by atoms with Crippen molar-refractivity contribution in [1.29, 1.82) is 0 Å². The molecule has 0 aromatic heterocycles. The van der Waals surface area contributed by atoms with E-state index in [2.05, 4.69) is 0 Å². The first-order valence-electron chi connectivity index (χ1n) is 0. The standard InChI is InChI=1S/Al.Cu.Ni.Zn.Zr.3H. The summed E-state index contributed by atoms with van der Waals surface area (Å²) in [6, 6.07) is 0. The van der Waals surface area contributed by atoms with Gasteiger partial charge in [0.05, 0.1) is 0 Å². The van der Waals surface area contributed by atoms with Crippen LogP contribution in [0, 0.1) is 0 Å². The van der Waals surface area contributed by atoms with E-state index >= 15 is 0 Å². The molecule has 0 unspecified atom stereocenters. The summed E-state index contributed by atoms with van der Waals surface area (Å²) in [7, 11) is 0. The molecule has 0 bridgehead atoms. The molecule has 33 valence electrons. The molecular weight excluding hydrogens is 306 g/mol. The zero-order valence-corrected chi connectivity index (χ0v) is 9.18. The van der Waals surface area contributed by atoms with Crippen LogP contribution in [0.15, 0.2) is 0 Å². The second-order valence-electron chi connectivity index (χ2n) is 0. The second kappa shape index (κ2) is 27.7. The first-order valence-corrected chi connectivity index (χ1v) is 0. The molecule has 0 nitrogen and oxygen atoms in total. The molecule has 1 radical (unpaired) electrons.